The lowest BCUT2D eigenvalue weighted by Gasteiger charge is -2.29. The van der Waals surface area contributed by atoms with E-state index in [0.29, 0.717) is 16.9 Å². The second-order valence-corrected chi connectivity index (χ2v) is 8.59. The molecule has 1 N–H and O–H groups in total. The van der Waals surface area contributed by atoms with Gasteiger partial charge in [0.2, 0.25) is 0 Å². The summed E-state index contributed by atoms with van der Waals surface area (Å²) in [6.45, 7) is 3.50. The van der Waals surface area contributed by atoms with E-state index in [1.165, 1.54) is 17.0 Å². The molecule has 0 unspecified atom stereocenters. The molecule has 0 aliphatic carbocycles. The lowest BCUT2D eigenvalue weighted by Crippen LogP contribution is -2.54. The van der Waals surface area contributed by atoms with Crippen LogP contribution in [0.5, 0.6) is 0 Å². The Morgan fingerprint density at radius 3 is 2.60 bits per heavy atom. The van der Waals surface area contributed by atoms with Gasteiger partial charge >= 0.3 is 0 Å². The molecule has 2 aliphatic heterocycles. The number of anilines is 2. The standard InChI is InChI=1S/C22H19BrFN3O2S/c1-13-9-19(26-7-2-3-8-26)18(24)11-14(13)10-17-20(28)25-22(30)27(21(17)29)16-6-4-5-15(23)12-16/h4-6,9-12H,2-3,7-8H2,1H3,(H,25,28,30). The summed E-state index contributed by atoms with van der Waals surface area (Å²) in [7, 11) is 0. The monoisotopic (exact) mass is 487 g/mol. The molecule has 0 atom stereocenters. The molecule has 0 radical (unpaired) electrons. The lowest BCUT2D eigenvalue weighted by atomic mass is 10.0. The fourth-order valence-corrected chi connectivity index (χ4v) is 4.37. The van der Waals surface area contributed by atoms with Crippen molar-refractivity contribution in [2.24, 2.45) is 0 Å². The Morgan fingerprint density at radius 1 is 1.17 bits per heavy atom. The van der Waals surface area contributed by atoms with Gasteiger partial charge in [0, 0.05) is 17.6 Å². The Balaban J connectivity index is 1.71. The van der Waals surface area contributed by atoms with Crippen molar-refractivity contribution >= 4 is 62.5 Å². The quantitative estimate of drug-likeness (QED) is 0.397. The van der Waals surface area contributed by atoms with Crippen LogP contribution in [0.3, 0.4) is 0 Å². The first-order chi connectivity index (χ1) is 14.3. The zero-order valence-electron chi connectivity index (χ0n) is 16.2. The van der Waals surface area contributed by atoms with Gasteiger partial charge in [-0.2, -0.15) is 0 Å². The van der Waals surface area contributed by atoms with Crippen LogP contribution in [0.15, 0.2) is 46.4 Å². The van der Waals surface area contributed by atoms with Crippen molar-refractivity contribution in [2.75, 3.05) is 22.9 Å². The maximum absolute atomic E-state index is 14.8. The number of benzene rings is 2. The minimum absolute atomic E-state index is 0.00698. The molecular weight excluding hydrogens is 469 g/mol. The van der Waals surface area contributed by atoms with Crippen LogP contribution in [-0.4, -0.2) is 30.0 Å². The van der Waals surface area contributed by atoms with Crippen LogP contribution >= 0.6 is 28.1 Å². The molecule has 8 heteroatoms. The maximum atomic E-state index is 14.8. The van der Waals surface area contributed by atoms with E-state index in [9.17, 15) is 14.0 Å². The average Bonchev–Trinajstić information content (AvgIpc) is 3.22. The molecule has 0 aromatic heterocycles. The number of halogens is 2. The van der Waals surface area contributed by atoms with Crippen LogP contribution in [0.2, 0.25) is 0 Å². The molecule has 2 aromatic rings. The zero-order chi connectivity index (χ0) is 21.4. The molecule has 2 saturated heterocycles. The molecule has 2 aliphatic rings. The van der Waals surface area contributed by atoms with Crippen molar-refractivity contribution in [3.8, 4) is 0 Å². The maximum Gasteiger partial charge on any atom is 0.270 e. The predicted molar refractivity (Wildman–Crippen MR) is 123 cm³/mol. The molecule has 5 nitrogen and oxygen atoms in total. The molecule has 2 aromatic carbocycles. The Hall–Kier alpha value is -2.58. The van der Waals surface area contributed by atoms with Crippen LogP contribution in [0.1, 0.15) is 24.0 Å². The second-order valence-electron chi connectivity index (χ2n) is 7.29. The number of nitrogens with zero attached hydrogens (tertiary/aromatic N) is 2. The van der Waals surface area contributed by atoms with Crippen molar-refractivity contribution in [2.45, 2.75) is 19.8 Å². The van der Waals surface area contributed by atoms with Gasteiger partial charge in [-0.1, -0.05) is 22.0 Å². The van der Waals surface area contributed by atoms with Crippen molar-refractivity contribution in [1.82, 2.24) is 5.32 Å². The summed E-state index contributed by atoms with van der Waals surface area (Å²) >= 11 is 8.59. The summed E-state index contributed by atoms with van der Waals surface area (Å²) in [5, 5.41) is 2.56. The van der Waals surface area contributed by atoms with Gasteiger partial charge in [0.1, 0.15) is 11.4 Å². The smallest absolute Gasteiger partial charge is 0.270 e. The number of nitrogens with one attached hydrogen (secondary N) is 1. The van der Waals surface area contributed by atoms with E-state index in [0.717, 1.165) is 36.0 Å². The highest BCUT2D eigenvalue weighted by Gasteiger charge is 2.34. The average molecular weight is 488 g/mol. The minimum Gasteiger partial charge on any atom is -0.369 e. The number of carbonyl (C=O) groups excluding carboxylic acids is 2. The normalized spacial score (nSPS) is 18.4. The summed E-state index contributed by atoms with van der Waals surface area (Å²) in [4.78, 5) is 28.9. The number of amides is 2. The van der Waals surface area contributed by atoms with E-state index in [1.807, 2.05) is 17.9 Å². The molecule has 2 fully saturated rings. The number of hydrogen-bond donors (Lipinski definition) is 1. The van der Waals surface area contributed by atoms with Gasteiger partial charge in [0.25, 0.3) is 11.8 Å². The number of hydrogen-bond acceptors (Lipinski definition) is 4. The van der Waals surface area contributed by atoms with Crippen LogP contribution < -0.4 is 15.1 Å². The molecule has 0 saturated carbocycles. The summed E-state index contributed by atoms with van der Waals surface area (Å²) in [6, 6.07) is 10.2. The third-order valence-corrected chi connectivity index (χ3v) is 6.03. The Kier molecular flexibility index (Phi) is 5.71. The number of rotatable bonds is 3. The predicted octanol–water partition coefficient (Wildman–Crippen LogP) is 4.33. The lowest BCUT2D eigenvalue weighted by molar-refractivity contribution is -0.122. The van der Waals surface area contributed by atoms with Crippen LogP contribution in [0, 0.1) is 12.7 Å². The number of aryl methyl sites for hydroxylation is 1. The zero-order valence-corrected chi connectivity index (χ0v) is 18.6. The van der Waals surface area contributed by atoms with E-state index in [2.05, 4.69) is 21.2 Å². The van der Waals surface area contributed by atoms with Crippen molar-refractivity contribution in [1.29, 1.82) is 0 Å². The molecule has 0 bridgehead atoms. The van der Waals surface area contributed by atoms with Gasteiger partial charge in [-0.05, 0) is 79.5 Å². The van der Waals surface area contributed by atoms with Crippen LogP contribution in [0.25, 0.3) is 6.08 Å². The molecule has 154 valence electrons. The molecule has 0 spiro atoms. The third-order valence-electron chi connectivity index (χ3n) is 5.25. The third kappa shape index (κ3) is 3.89. The SMILES string of the molecule is Cc1cc(N2CCCC2)c(F)cc1C=C1C(=O)NC(=S)N(c2cccc(Br)c2)C1=O. The summed E-state index contributed by atoms with van der Waals surface area (Å²) in [5.41, 5.74) is 2.26. The Morgan fingerprint density at radius 2 is 1.90 bits per heavy atom. The number of thiocarbonyl (C=S) groups is 1. The van der Waals surface area contributed by atoms with E-state index in [1.54, 1.807) is 24.3 Å². The van der Waals surface area contributed by atoms with Gasteiger partial charge in [-0.25, -0.2) is 4.39 Å². The van der Waals surface area contributed by atoms with E-state index < -0.39 is 11.8 Å². The van der Waals surface area contributed by atoms with Gasteiger partial charge < -0.3 is 4.90 Å². The summed E-state index contributed by atoms with van der Waals surface area (Å²) in [5.74, 6) is -1.51. The van der Waals surface area contributed by atoms with Crippen LogP contribution in [-0.2, 0) is 9.59 Å². The topological polar surface area (TPSA) is 52.7 Å². The fraction of sp³-hybridized carbons (Fsp3) is 0.227. The van der Waals surface area contributed by atoms with Crippen molar-refractivity contribution in [3.05, 3.63) is 63.4 Å². The van der Waals surface area contributed by atoms with Gasteiger partial charge in [-0.3, -0.25) is 19.8 Å². The summed E-state index contributed by atoms with van der Waals surface area (Å²) in [6.07, 6.45) is 3.52. The van der Waals surface area contributed by atoms with E-state index >= 15 is 0 Å². The van der Waals surface area contributed by atoms with E-state index in [-0.39, 0.29) is 16.5 Å². The molecule has 30 heavy (non-hydrogen) atoms. The van der Waals surface area contributed by atoms with Gasteiger partial charge in [0.05, 0.1) is 11.4 Å². The van der Waals surface area contributed by atoms with Crippen molar-refractivity contribution in [3.63, 3.8) is 0 Å². The first-order valence-corrected chi connectivity index (χ1v) is 10.8. The summed E-state index contributed by atoms with van der Waals surface area (Å²) < 4.78 is 15.6. The fourth-order valence-electron chi connectivity index (χ4n) is 3.70. The molecule has 2 heterocycles. The van der Waals surface area contributed by atoms with Crippen LogP contribution in [0.4, 0.5) is 15.8 Å². The highest BCUT2D eigenvalue weighted by Crippen LogP contribution is 2.29. The second kappa shape index (κ2) is 8.28. The number of carbonyl (C=O) groups is 2. The van der Waals surface area contributed by atoms with Gasteiger partial charge in [0.15, 0.2) is 5.11 Å². The van der Waals surface area contributed by atoms with E-state index in [4.69, 9.17) is 12.2 Å². The Labute approximate surface area is 187 Å². The largest absolute Gasteiger partial charge is 0.369 e. The highest BCUT2D eigenvalue weighted by molar-refractivity contribution is 9.10. The molecule has 4 rings (SSSR count). The molecular formula is C22H19BrFN3O2S. The first kappa shape index (κ1) is 20.7. The highest BCUT2D eigenvalue weighted by atomic mass is 79.9. The minimum atomic E-state index is -0.598. The van der Waals surface area contributed by atoms with Gasteiger partial charge in [-0.15, -0.1) is 0 Å². The first-order valence-electron chi connectivity index (χ1n) is 9.57. The Bertz CT molecular complexity index is 1100. The molecule has 2 amide bonds. The van der Waals surface area contributed by atoms with Crippen molar-refractivity contribution < 1.29 is 14.0 Å².